The Kier molecular flexibility index (Phi) is 4.10. The lowest BCUT2D eigenvalue weighted by atomic mass is 9.90. The third-order valence-corrected chi connectivity index (χ3v) is 5.19. The summed E-state index contributed by atoms with van der Waals surface area (Å²) >= 11 is 1.66. The van der Waals surface area contributed by atoms with Gasteiger partial charge in [0.25, 0.3) is 5.91 Å². The van der Waals surface area contributed by atoms with Gasteiger partial charge in [0.2, 0.25) is 0 Å². The van der Waals surface area contributed by atoms with Crippen LogP contribution >= 0.6 is 11.3 Å². The number of hydrogen-bond acceptors (Lipinski definition) is 3. The Bertz CT molecular complexity index is 618. The molecule has 112 valence electrons. The maximum absolute atomic E-state index is 12.4. The topological polar surface area (TPSA) is 46.9 Å². The maximum Gasteiger partial charge on any atom is 0.261 e. The predicted molar refractivity (Wildman–Crippen MR) is 84.7 cm³/mol. The number of carbonyl (C=O) groups excluding carboxylic acids is 1. The molecule has 21 heavy (non-hydrogen) atoms. The third-order valence-electron chi connectivity index (χ3n) is 3.95. The number of thiophene rings is 1. The molecule has 1 aliphatic carbocycles. The summed E-state index contributed by atoms with van der Waals surface area (Å²) in [6, 6.07) is 4.05. The average molecular weight is 303 g/mol. The van der Waals surface area contributed by atoms with E-state index < -0.39 is 0 Å². The molecule has 0 bridgehead atoms. The maximum atomic E-state index is 12.4. The molecular formula is C16H21N3OS. The van der Waals surface area contributed by atoms with E-state index in [1.165, 1.54) is 16.9 Å². The highest BCUT2D eigenvalue weighted by atomic mass is 32.1. The van der Waals surface area contributed by atoms with Gasteiger partial charge in [0.1, 0.15) is 0 Å². The van der Waals surface area contributed by atoms with E-state index in [2.05, 4.69) is 23.4 Å². The van der Waals surface area contributed by atoms with E-state index in [1.54, 1.807) is 17.5 Å². The van der Waals surface area contributed by atoms with Crippen molar-refractivity contribution in [3.63, 3.8) is 0 Å². The van der Waals surface area contributed by atoms with Gasteiger partial charge in [-0.15, -0.1) is 11.3 Å². The van der Waals surface area contributed by atoms with E-state index in [-0.39, 0.29) is 11.9 Å². The van der Waals surface area contributed by atoms with Gasteiger partial charge in [0.15, 0.2) is 0 Å². The fourth-order valence-electron chi connectivity index (χ4n) is 2.85. The molecule has 2 atom stereocenters. The first-order chi connectivity index (χ1) is 10.1. The number of carbonyl (C=O) groups is 1. The second-order valence-corrected chi connectivity index (χ2v) is 7.15. The second kappa shape index (κ2) is 6.02. The van der Waals surface area contributed by atoms with Gasteiger partial charge in [0.05, 0.1) is 11.4 Å². The lowest BCUT2D eigenvalue weighted by Crippen LogP contribution is -2.35. The fraction of sp³-hybridized carbons (Fsp3) is 0.500. The molecule has 0 aliphatic heterocycles. The van der Waals surface area contributed by atoms with Crippen molar-refractivity contribution in [1.82, 2.24) is 15.1 Å². The van der Waals surface area contributed by atoms with Gasteiger partial charge in [-0.1, -0.05) is 6.92 Å². The highest BCUT2D eigenvalue weighted by Crippen LogP contribution is 2.32. The summed E-state index contributed by atoms with van der Waals surface area (Å²) in [4.78, 5) is 14.6. The Morgan fingerprint density at radius 3 is 3.24 bits per heavy atom. The first kappa shape index (κ1) is 14.3. The van der Waals surface area contributed by atoms with Crippen LogP contribution in [0.1, 0.15) is 40.4 Å². The van der Waals surface area contributed by atoms with Crippen LogP contribution in [0.2, 0.25) is 0 Å². The molecule has 0 spiro atoms. The van der Waals surface area contributed by atoms with E-state index in [4.69, 9.17) is 0 Å². The van der Waals surface area contributed by atoms with Crippen molar-refractivity contribution in [2.75, 3.05) is 0 Å². The Morgan fingerprint density at radius 1 is 1.62 bits per heavy atom. The SMILES string of the molecule is C[C@@H]1CCc2sc(C(=O)N[C@@H](C)Cn3cccn3)cc2C1. The number of fused-ring (bicyclic) bond motifs is 1. The molecule has 2 aromatic heterocycles. The predicted octanol–water partition coefficient (Wildman–Crippen LogP) is 2.89. The van der Waals surface area contributed by atoms with Gasteiger partial charge in [-0.25, -0.2) is 0 Å². The molecule has 0 unspecified atom stereocenters. The Hall–Kier alpha value is -1.62. The standard InChI is InChI=1S/C16H21N3OS/c1-11-4-5-14-13(8-11)9-15(21-14)16(20)18-12(2)10-19-7-3-6-17-19/h3,6-7,9,11-12H,4-5,8,10H2,1-2H3,(H,18,20)/t11-,12+/m1/s1. The molecule has 0 aromatic carbocycles. The molecule has 0 fully saturated rings. The van der Waals surface area contributed by atoms with Crippen LogP contribution in [0.25, 0.3) is 0 Å². The zero-order valence-electron chi connectivity index (χ0n) is 12.5. The Morgan fingerprint density at radius 2 is 2.48 bits per heavy atom. The van der Waals surface area contributed by atoms with Gasteiger partial charge < -0.3 is 5.32 Å². The molecule has 5 heteroatoms. The zero-order chi connectivity index (χ0) is 14.8. The van der Waals surface area contributed by atoms with Gasteiger partial charge >= 0.3 is 0 Å². The summed E-state index contributed by atoms with van der Waals surface area (Å²) in [5, 5.41) is 7.23. The van der Waals surface area contributed by atoms with Gasteiger partial charge in [-0.3, -0.25) is 9.48 Å². The van der Waals surface area contributed by atoms with Gasteiger partial charge in [0, 0.05) is 23.3 Å². The van der Waals surface area contributed by atoms with Crippen molar-refractivity contribution in [3.8, 4) is 0 Å². The lowest BCUT2D eigenvalue weighted by Gasteiger charge is -2.16. The minimum Gasteiger partial charge on any atom is -0.347 e. The number of nitrogens with zero attached hydrogens (tertiary/aromatic N) is 2. The van der Waals surface area contributed by atoms with Crippen molar-refractivity contribution in [3.05, 3.63) is 39.8 Å². The molecule has 3 rings (SSSR count). The zero-order valence-corrected chi connectivity index (χ0v) is 13.3. The third kappa shape index (κ3) is 3.35. The minimum absolute atomic E-state index is 0.0432. The van der Waals surface area contributed by atoms with Crippen LogP contribution in [0.4, 0.5) is 0 Å². The van der Waals surface area contributed by atoms with Crippen LogP contribution in [0.5, 0.6) is 0 Å². The van der Waals surface area contributed by atoms with E-state index >= 15 is 0 Å². The summed E-state index contributed by atoms with van der Waals surface area (Å²) in [5.41, 5.74) is 1.38. The number of hydrogen-bond donors (Lipinski definition) is 1. The second-order valence-electron chi connectivity index (χ2n) is 6.01. The summed E-state index contributed by atoms with van der Waals surface area (Å²) < 4.78 is 1.84. The first-order valence-electron chi connectivity index (χ1n) is 7.51. The highest BCUT2D eigenvalue weighted by molar-refractivity contribution is 7.14. The van der Waals surface area contributed by atoms with E-state index in [0.717, 1.165) is 23.6 Å². The van der Waals surface area contributed by atoms with Crippen molar-refractivity contribution >= 4 is 17.2 Å². The van der Waals surface area contributed by atoms with Crippen LogP contribution in [0.3, 0.4) is 0 Å². The number of amides is 1. The highest BCUT2D eigenvalue weighted by Gasteiger charge is 2.21. The summed E-state index contributed by atoms with van der Waals surface area (Å²) in [6.45, 7) is 4.99. The monoisotopic (exact) mass is 303 g/mol. The molecule has 2 heterocycles. The Labute approximate surface area is 129 Å². The van der Waals surface area contributed by atoms with Crippen LogP contribution < -0.4 is 5.32 Å². The molecule has 1 amide bonds. The molecule has 4 nitrogen and oxygen atoms in total. The number of rotatable bonds is 4. The van der Waals surface area contributed by atoms with Crippen molar-refractivity contribution in [2.45, 2.75) is 45.7 Å². The molecule has 0 saturated heterocycles. The van der Waals surface area contributed by atoms with Crippen LogP contribution in [0, 0.1) is 5.92 Å². The van der Waals surface area contributed by atoms with Crippen molar-refractivity contribution in [2.24, 2.45) is 5.92 Å². The summed E-state index contributed by atoms with van der Waals surface area (Å²) in [5.74, 6) is 0.781. The number of aryl methyl sites for hydroxylation is 1. The normalized spacial score (nSPS) is 19.0. The molecule has 2 aromatic rings. The van der Waals surface area contributed by atoms with E-state index in [9.17, 15) is 4.79 Å². The molecule has 0 radical (unpaired) electrons. The number of nitrogens with one attached hydrogen (secondary N) is 1. The lowest BCUT2D eigenvalue weighted by molar-refractivity contribution is 0.0940. The average Bonchev–Trinajstić information content (AvgIpc) is 3.06. The fourth-order valence-corrected chi connectivity index (χ4v) is 3.96. The minimum atomic E-state index is 0.0432. The molecular weight excluding hydrogens is 282 g/mol. The smallest absolute Gasteiger partial charge is 0.261 e. The van der Waals surface area contributed by atoms with Crippen molar-refractivity contribution in [1.29, 1.82) is 0 Å². The van der Waals surface area contributed by atoms with Gasteiger partial charge in [-0.2, -0.15) is 5.10 Å². The largest absolute Gasteiger partial charge is 0.347 e. The number of aromatic nitrogens is 2. The quantitative estimate of drug-likeness (QED) is 0.944. The van der Waals surface area contributed by atoms with E-state index in [0.29, 0.717) is 6.54 Å². The molecule has 1 N–H and O–H groups in total. The van der Waals surface area contributed by atoms with Gasteiger partial charge in [-0.05, 0) is 49.8 Å². The van der Waals surface area contributed by atoms with Crippen LogP contribution in [-0.4, -0.2) is 21.7 Å². The Balaban J connectivity index is 1.63. The summed E-state index contributed by atoms with van der Waals surface area (Å²) in [6.07, 6.45) is 7.14. The first-order valence-corrected chi connectivity index (χ1v) is 8.33. The van der Waals surface area contributed by atoms with Crippen LogP contribution in [-0.2, 0) is 19.4 Å². The molecule has 0 saturated carbocycles. The summed E-state index contributed by atoms with van der Waals surface area (Å²) in [7, 11) is 0. The molecule has 1 aliphatic rings. The van der Waals surface area contributed by atoms with Crippen LogP contribution in [0.15, 0.2) is 24.5 Å². The van der Waals surface area contributed by atoms with Crippen molar-refractivity contribution < 1.29 is 4.79 Å². The van der Waals surface area contributed by atoms with E-state index in [1.807, 2.05) is 23.9 Å².